The Morgan fingerprint density at radius 1 is 1.40 bits per heavy atom. The van der Waals surface area contributed by atoms with E-state index in [2.05, 4.69) is 10.2 Å². The van der Waals surface area contributed by atoms with Crippen molar-refractivity contribution in [3.05, 3.63) is 35.3 Å². The van der Waals surface area contributed by atoms with Gasteiger partial charge in [0, 0.05) is 11.6 Å². The van der Waals surface area contributed by atoms with E-state index >= 15 is 0 Å². The van der Waals surface area contributed by atoms with Crippen molar-refractivity contribution in [1.29, 1.82) is 0 Å². The maximum Gasteiger partial charge on any atom is 0.353 e. The molecule has 2 rings (SSSR count). The van der Waals surface area contributed by atoms with Crippen LogP contribution in [-0.2, 0) is 0 Å². The van der Waals surface area contributed by atoms with Crippen molar-refractivity contribution in [3.63, 3.8) is 0 Å². The van der Waals surface area contributed by atoms with Gasteiger partial charge in [-0.05, 0) is 23.6 Å². The summed E-state index contributed by atoms with van der Waals surface area (Å²) in [4.78, 5) is 10.9. The third-order valence-corrected chi connectivity index (χ3v) is 3.03. The molecule has 0 aliphatic rings. The van der Waals surface area contributed by atoms with Crippen molar-refractivity contribution in [2.75, 3.05) is 7.11 Å². The topological polar surface area (TPSA) is 75.2 Å². The van der Waals surface area contributed by atoms with Crippen LogP contribution < -0.4 is 4.74 Å². The second kappa shape index (κ2) is 5.32. The number of rotatable bonds is 4. The van der Waals surface area contributed by atoms with Crippen molar-refractivity contribution in [2.24, 2.45) is 0 Å². The number of carboxylic acid groups (broad SMARTS) is 1. The Morgan fingerprint density at radius 2 is 2.10 bits per heavy atom. The Bertz CT molecular complexity index is 650. The summed E-state index contributed by atoms with van der Waals surface area (Å²) in [5, 5.41) is 15.3. The molecule has 0 bridgehead atoms. The fourth-order valence-electron chi connectivity index (χ4n) is 1.95. The summed E-state index contributed by atoms with van der Waals surface area (Å²) in [6, 6.07) is 4.32. The Morgan fingerprint density at radius 3 is 2.60 bits per heavy atom. The van der Waals surface area contributed by atoms with Crippen molar-refractivity contribution in [1.82, 2.24) is 10.2 Å². The largest absolute Gasteiger partial charge is 0.496 e. The van der Waals surface area contributed by atoms with Crippen LogP contribution >= 0.6 is 0 Å². The van der Waals surface area contributed by atoms with E-state index in [1.807, 2.05) is 13.8 Å². The van der Waals surface area contributed by atoms with Gasteiger partial charge >= 0.3 is 5.97 Å². The number of aromatic nitrogens is 2. The average molecular weight is 278 g/mol. The molecular formula is C14H15FN2O3. The van der Waals surface area contributed by atoms with Gasteiger partial charge in [-0.3, -0.25) is 5.10 Å². The van der Waals surface area contributed by atoms with Crippen LogP contribution in [0.2, 0.25) is 0 Å². The zero-order valence-electron chi connectivity index (χ0n) is 11.4. The van der Waals surface area contributed by atoms with Crippen molar-refractivity contribution in [3.8, 4) is 17.0 Å². The van der Waals surface area contributed by atoms with Gasteiger partial charge in [0.2, 0.25) is 0 Å². The first-order valence-electron chi connectivity index (χ1n) is 6.10. The van der Waals surface area contributed by atoms with Gasteiger partial charge in [-0.1, -0.05) is 13.8 Å². The number of aromatic carboxylic acids is 1. The van der Waals surface area contributed by atoms with E-state index in [1.54, 1.807) is 6.07 Å². The summed E-state index contributed by atoms with van der Waals surface area (Å²) in [6.07, 6.45) is 0. The molecule has 0 amide bonds. The molecule has 0 saturated carbocycles. The first kappa shape index (κ1) is 14.0. The highest BCUT2D eigenvalue weighted by atomic mass is 19.1. The minimum Gasteiger partial charge on any atom is -0.496 e. The maximum absolute atomic E-state index is 13.9. The minimum atomic E-state index is -1.10. The standard InChI is InChI=1S/C14H15FN2O3/c1-7(2)8-4-9(13(20-3)5-10(8)15)11-6-12(14(18)19)17-16-11/h4-7H,1-3H3,(H,16,17)(H,18,19). The smallest absolute Gasteiger partial charge is 0.353 e. The van der Waals surface area contributed by atoms with E-state index < -0.39 is 5.97 Å². The predicted molar refractivity (Wildman–Crippen MR) is 71.6 cm³/mol. The molecule has 0 radical (unpaired) electrons. The van der Waals surface area contributed by atoms with Crippen LogP contribution in [0.1, 0.15) is 35.8 Å². The van der Waals surface area contributed by atoms with Gasteiger partial charge in [0.15, 0.2) is 0 Å². The highest BCUT2D eigenvalue weighted by Crippen LogP contribution is 2.34. The number of nitrogens with one attached hydrogen (secondary N) is 1. The average Bonchev–Trinajstić information content (AvgIpc) is 2.87. The summed E-state index contributed by atoms with van der Waals surface area (Å²) >= 11 is 0. The number of halogens is 1. The molecule has 1 aromatic carbocycles. The lowest BCUT2D eigenvalue weighted by molar-refractivity contribution is 0.0690. The van der Waals surface area contributed by atoms with Crippen molar-refractivity contribution >= 4 is 5.97 Å². The number of aromatic amines is 1. The molecule has 0 atom stereocenters. The van der Waals surface area contributed by atoms with E-state index in [0.29, 0.717) is 22.6 Å². The molecular weight excluding hydrogens is 263 g/mol. The molecule has 2 aromatic rings. The van der Waals surface area contributed by atoms with Crippen LogP contribution in [0.5, 0.6) is 5.75 Å². The molecule has 2 N–H and O–H groups in total. The van der Waals surface area contributed by atoms with Crippen molar-refractivity contribution in [2.45, 2.75) is 19.8 Å². The lowest BCUT2D eigenvalue weighted by Crippen LogP contribution is -1.97. The molecule has 0 saturated heterocycles. The third kappa shape index (κ3) is 2.49. The summed E-state index contributed by atoms with van der Waals surface area (Å²) in [7, 11) is 1.43. The van der Waals surface area contributed by atoms with Crippen LogP contribution in [0, 0.1) is 5.82 Å². The van der Waals surface area contributed by atoms with Crippen LogP contribution in [0.4, 0.5) is 4.39 Å². The molecule has 0 aliphatic carbocycles. The van der Waals surface area contributed by atoms with Crippen molar-refractivity contribution < 1.29 is 19.0 Å². The number of ether oxygens (including phenoxy) is 1. The van der Waals surface area contributed by atoms with Crippen LogP contribution in [-0.4, -0.2) is 28.4 Å². The number of hydrogen-bond donors (Lipinski definition) is 2. The normalized spacial score (nSPS) is 10.8. The Balaban J connectivity index is 2.58. The Hall–Kier alpha value is -2.37. The van der Waals surface area contributed by atoms with Gasteiger partial charge in [0.05, 0.1) is 12.8 Å². The highest BCUT2D eigenvalue weighted by molar-refractivity contribution is 5.87. The summed E-state index contributed by atoms with van der Waals surface area (Å²) in [5.41, 5.74) is 1.46. The molecule has 0 spiro atoms. The summed E-state index contributed by atoms with van der Waals surface area (Å²) in [5.74, 6) is -1.14. The number of hydrogen-bond acceptors (Lipinski definition) is 3. The highest BCUT2D eigenvalue weighted by Gasteiger charge is 2.17. The second-order valence-corrected chi connectivity index (χ2v) is 4.70. The number of nitrogens with zero attached hydrogens (tertiary/aromatic N) is 1. The number of methoxy groups -OCH3 is 1. The van der Waals surface area contributed by atoms with Gasteiger partial charge in [-0.2, -0.15) is 5.10 Å². The Labute approximate surface area is 115 Å². The second-order valence-electron chi connectivity index (χ2n) is 4.70. The van der Waals surface area contributed by atoms with Gasteiger partial charge in [-0.25, -0.2) is 9.18 Å². The first-order chi connectivity index (χ1) is 9.43. The number of carbonyl (C=O) groups is 1. The van der Waals surface area contributed by atoms with Crippen LogP contribution in [0.15, 0.2) is 18.2 Å². The van der Waals surface area contributed by atoms with Crippen LogP contribution in [0.3, 0.4) is 0 Å². The Kier molecular flexibility index (Phi) is 3.74. The van der Waals surface area contributed by atoms with E-state index in [9.17, 15) is 9.18 Å². The van der Waals surface area contributed by atoms with E-state index in [4.69, 9.17) is 9.84 Å². The summed E-state index contributed by atoms with van der Waals surface area (Å²) in [6.45, 7) is 3.75. The third-order valence-electron chi connectivity index (χ3n) is 3.03. The molecule has 0 unspecified atom stereocenters. The molecule has 1 heterocycles. The number of benzene rings is 1. The lowest BCUT2D eigenvalue weighted by atomic mass is 9.98. The van der Waals surface area contributed by atoms with Gasteiger partial charge in [0.25, 0.3) is 0 Å². The lowest BCUT2D eigenvalue weighted by Gasteiger charge is -2.12. The van der Waals surface area contributed by atoms with E-state index in [-0.39, 0.29) is 17.4 Å². The maximum atomic E-state index is 13.9. The van der Waals surface area contributed by atoms with Gasteiger partial charge in [-0.15, -0.1) is 0 Å². The van der Waals surface area contributed by atoms with E-state index in [0.717, 1.165) is 0 Å². The SMILES string of the molecule is COc1cc(F)c(C(C)C)cc1-c1cc(C(=O)O)[nH]n1. The zero-order valence-corrected chi connectivity index (χ0v) is 11.4. The minimum absolute atomic E-state index is 0.00228. The monoisotopic (exact) mass is 278 g/mol. The van der Waals surface area contributed by atoms with Gasteiger partial charge < -0.3 is 9.84 Å². The zero-order chi connectivity index (χ0) is 14.9. The molecule has 0 aliphatic heterocycles. The number of H-pyrrole nitrogens is 1. The van der Waals surface area contributed by atoms with Gasteiger partial charge in [0.1, 0.15) is 17.3 Å². The quantitative estimate of drug-likeness (QED) is 0.901. The fraction of sp³-hybridized carbons (Fsp3) is 0.286. The number of carboxylic acids is 1. The molecule has 0 fully saturated rings. The fourth-order valence-corrected chi connectivity index (χ4v) is 1.95. The van der Waals surface area contributed by atoms with E-state index in [1.165, 1.54) is 19.2 Å². The predicted octanol–water partition coefficient (Wildman–Crippen LogP) is 3.05. The molecule has 6 heteroatoms. The molecule has 106 valence electrons. The van der Waals surface area contributed by atoms with Crippen LogP contribution in [0.25, 0.3) is 11.3 Å². The summed E-state index contributed by atoms with van der Waals surface area (Å²) < 4.78 is 19.1. The molecule has 1 aromatic heterocycles. The molecule has 5 nitrogen and oxygen atoms in total. The first-order valence-corrected chi connectivity index (χ1v) is 6.10. The molecule has 20 heavy (non-hydrogen) atoms.